The van der Waals surface area contributed by atoms with Gasteiger partial charge in [0.05, 0.1) is 37.7 Å². The fraction of sp³-hybridized carbons (Fsp3) is 0.310. The Morgan fingerprint density at radius 3 is 2.36 bits per heavy atom. The highest BCUT2D eigenvalue weighted by Gasteiger charge is 2.27. The first-order valence-corrected chi connectivity index (χ1v) is 12.4. The second-order valence-corrected chi connectivity index (χ2v) is 9.24. The number of imidazole rings is 1. The molecule has 3 aromatic carbocycles. The molecule has 4 aromatic rings. The first kappa shape index (κ1) is 23.9. The smallest absolute Gasteiger partial charge is 0.228 e. The van der Waals surface area contributed by atoms with Crippen molar-refractivity contribution in [3.8, 4) is 11.5 Å². The van der Waals surface area contributed by atoms with Crippen molar-refractivity contribution in [1.29, 1.82) is 0 Å². The third kappa shape index (κ3) is 5.36. The Kier molecular flexibility index (Phi) is 7.18. The van der Waals surface area contributed by atoms with Gasteiger partial charge in [-0.2, -0.15) is 0 Å². The summed E-state index contributed by atoms with van der Waals surface area (Å²) in [6.07, 6.45) is 1.88. The molecule has 0 spiro atoms. The van der Waals surface area contributed by atoms with Gasteiger partial charge in [-0.1, -0.05) is 24.3 Å². The number of benzene rings is 3. The molecule has 1 aromatic heterocycles. The lowest BCUT2D eigenvalue weighted by Crippen LogP contribution is -2.40. The van der Waals surface area contributed by atoms with Crippen molar-refractivity contribution in [2.45, 2.75) is 25.9 Å². The molecule has 1 saturated heterocycles. The number of anilines is 1. The second-order valence-electron chi connectivity index (χ2n) is 9.24. The van der Waals surface area contributed by atoms with E-state index >= 15 is 0 Å². The van der Waals surface area contributed by atoms with E-state index in [1.165, 1.54) is 5.56 Å². The summed E-state index contributed by atoms with van der Waals surface area (Å²) in [6.45, 7) is 3.11. The Hall–Kier alpha value is -3.84. The number of piperidine rings is 1. The minimum Gasteiger partial charge on any atom is -0.497 e. The first-order valence-electron chi connectivity index (χ1n) is 12.4. The van der Waals surface area contributed by atoms with Crippen LogP contribution in [0.2, 0.25) is 0 Å². The lowest BCUT2D eigenvalue weighted by molar-refractivity contribution is -0.121. The van der Waals surface area contributed by atoms with Gasteiger partial charge in [-0.25, -0.2) is 4.98 Å². The van der Waals surface area contributed by atoms with Crippen LogP contribution in [0.4, 0.5) is 5.69 Å². The van der Waals surface area contributed by atoms with Crippen LogP contribution in [-0.2, 0) is 17.9 Å². The van der Waals surface area contributed by atoms with E-state index in [0.717, 1.165) is 60.0 Å². The molecule has 1 fully saturated rings. The van der Waals surface area contributed by atoms with Gasteiger partial charge in [0, 0.05) is 18.8 Å². The summed E-state index contributed by atoms with van der Waals surface area (Å²) in [4.78, 5) is 20.4. The molecule has 1 amide bonds. The number of rotatable bonds is 8. The van der Waals surface area contributed by atoms with Crippen LogP contribution in [0, 0.1) is 5.92 Å². The minimum absolute atomic E-state index is 0.0553. The summed E-state index contributed by atoms with van der Waals surface area (Å²) in [5.41, 5.74) is 4.09. The molecular weight excluding hydrogens is 452 g/mol. The third-order valence-electron chi connectivity index (χ3n) is 6.83. The molecule has 0 saturated carbocycles. The van der Waals surface area contributed by atoms with Crippen molar-refractivity contribution in [2.24, 2.45) is 5.92 Å². The Morgan fingerprint density at radius 2 is 1.64 bits per heavy atom. The molecule has 5 rings (SSSR count). The van der Waals surface area contributed by atoms with Gasteiger partial charge in [0.2, 0.25) is 5.91 Å². The van der Waals surface area contributed by atoms with Crippen molar-refractivity contribution in [1.82, 2.24) is 14.5 Å². The van der Waals surface area contributed by atoms with Crippen LogP contribution < -0.4 is 14.8 Å². The van der Waals surface area contributed by atoms with E-state index in [2.05, 4.69) is 45.1 Å². The topological polar surface area (TPSA) is 68.6 Å². The molecule has 0 unspecified atom stereocenters. The number of fused-ring (bicyclic) bond motifs is 1. The molecule has 186 valence electrons. The monoisotopic (exact) mass is 484 g/mol. The predicted octanol–water partition coefficient (Wildman–Crippen LogP) is 4.95. The van der Waals surface area contributed by atoms with Crippen molar-refractivity contribution in [3.63, 3.8) is 0 Å². The molecule has 0 aliphatic carbocycles. The lowest BCUT2D eigenvalue weighted by Gasteiger charge is -2.31. The van der Waals surface area contributed by atoms with E-state index in [0.29, 0.717) is 13.1 Å². The van der Waals surface area contributed by atoms with Gasteiger partial charge in [0.15, 0.2) is 0 Å². The summed E-state index contributed by atoms with van der Waals surface area (Å²) in [5.74, 6) is 2.65. The first-order chi connectivity index (χ1) is 17.6. The van der Waals surface area contributed by atoms with Crippen molar-refractivity contribution in [3.05, 3.63) is 84.2 Å². The van der Waals surface area contributed by atoms with Crippen LogP contribution in [0.15, 0.2) is 72.8 Å². The van der Waals surface area contributed by atoms with Crippen LogP contribution in [0.5, 0.6) is 11.5 Å². The summed E-state index contributed by atoms with van der Waals surface area (Å²) >= 11 is 0. The number of ether oxygens (including phenoxy) is 2. The highest BCUT2D eigenvalue weighted by Crippen LogP contribution is 2.24. The Morgan fingerprint density at radius 1 is 0.944 bits per heavy atom. The summed E-state index contributed by atoms with van der Waals surface area (Å²) in [5, 5.41) is 3.07. The molecule has 1 aliphatic heterocycles. The van der Waals surface area contributed by atoms with E-state index in [1.54, 1.807) is 14.2 Å². The standard InChI is InChI=1S/C29H32N4O3/c1-35-24-13-9-21(10-14-24)18-33-27-8-4-3-7-26(27)31-28(33)20-32-17-5-6-22(19-32)29(34)30-23-11-15-25(36-2)16-12-23/h3-4,7-16,22H,5-6,17-20H2,1-2H3,(H,30,34)/t22-/m1/s1. The number of hydrogen-bond acceptors (Lipinski definition) is 5. The maximum Gasteiger partial charge on any atom is 0.228 e. The van der Waals surface area contributed by atoms with Gasteiger partial charge >= 0.3 is 0 Å². The second kappa shape index (κ2) is 10.8. The normalized spacial score (nSPS) is 16.1. The molecule has 7 heteroatoms. The SMILES string of the molecule is COc1ccc(Cn2c(CN3CCC[C@@H](C(=O)Nc4ccc(OC)cc4)C3)nc3ccccc32)cc1. The van der Waals surface area contributed by atoms with Crippen molar-refractivity contribution in [2.75, 3.05) is 32.6 Å². The molecule has 7 nitrogen and oxygen atoms in total. The number of amides is 1. The number of nitrogens with one attached hydrogen (secondary N) is 1. The van der Waals surface area contributed by atoms with Crippen molar-refractivity contribution >= 4 is 22.6 Å². The molecule has 1 aliphatic rings. The number of likely N-dealkylation sites (tertiary alicyclic amines) is 1. The number of hydrogen-bond donors (Lipinski definition) is 1. The van der Waals surface area contributed by atoms with Crippen LogP contribution in [0.25, 0.3) is 11.0 Å². The molecule has 1 atom stereocenters. The number of nitrogens with zero attached hydrogens (tertiary/aromatic N) is 3. The molecule has 0 bridgehead atoms. The molecule has 0 radical (unpaired) electrons. The average molecular weight is 485 g/mol. The molecular formula is C29H32N4O3. The molecule has 36 heavy (non-hydrogen) atoms. The summed E-state index contributed by atoms with van der Waals surface area (Å²) < 4.78 is 12.8. The number of para-hydroxylation sites is 2. The average Bonchev–Trinajstić information content (AvgIpc) is 3.26. The van der Waals surface area contributed by atoms with Crippen LogP contribution in [0.3, 0.4) is 0 Å². The lowest BCUT2D eigenvalue weighted by atomic mass is 9.97. The zero-order chi connectivity index (χ0) is 24.9. The van der Waals surface area contributed by atoms with Gasteiger partial charge in [-0.05, 0) is 73.5 Å². The largest absolute Gasteiger partial charge is 0.497 e. The molecule has 2 heterocycles. The fourth-order valence-corrected chi connectivity index (χ4v) is 4.87. The Bertz CT molecular complexity index is 1310. The maximum atomic E-state index is 13.0. The van der Waals surface area contributed by atoms with E-state index in [-0.39, 0.29) is 11.8 Å². The van der Waals surface area contributed by atoms with Gasteiger partial charge < -0.3 is 19.4 Å². The quantitative estimate of drug-likeness (QED) is 0.383. The Labute approximate surface area is 211 Å². The Balaban J connectivity index is 1.30. The predicted molar refractivity (Wildman–Crippen MR) is 141 cm³/mol. The van der Waals surface area contributed by atoms with E-state index in [9.17, 15) is 4.79 Å². The minimum atomic E-state index is -0.0553. The summed E-state index contributed by atoms with van der Waals surface area (Å²) in [6, 6.07) is 23.9. The van der Waals surface area contributed by atoms with Crippen LogP contribution in [-0.4, -0.2) is 47.7 Å². The fourth-order valence-electron chi connectivity index (χ4n) is 4.87. The van der Waals surface area contributed by atoms with Gasteiger partial charge in [-0.3, -0.25) is 9.69 Å². The van der Waals surface area contributed by atoms with E-state index in [1.807, 2.05) is 42.5 Å². The van der Waals surface area contributed by atoms with Crippen LogP contribution in [0.1, 0.15) is 24.2 Å². The highest BCUT2D eigenvalue weighted by molar-refractivity contribution is 5.92. The number of carbonyl (C=O) groups is 1. The molecule has 1 N–H and O–H groups in total. The van der Waals surface area contributed by atoms with Gasteiger partial charge in [-0.15, -0.1) is 0 Å². The third-order valence-corrected chi connectivity index (χ3v) is 6.83. The van der Waals surface area contributed by atoms with Crippen molar-refractivity contribution < 1.29 is 14.3 Å². The van der Waals surface area contributed by atoms with E-state index < -0.39 is 0 Å². The number of aromatic nitrogens is 2. The number of carbonyl (C=O) groups excluding carboxylic acids is 1. The zero-order valence-electron chi connectivity index (χ0n) is 20.8. The zero-order valence-corrected chi connectivity index (χ0v) is 20.8. The van der Waals surface area contributed by atoms with Gasteiger partial charge in [0.1, 0.15) is 17.3 Å². The van der Waals surface area contributed by atoms with Crippen LogP contribution >= 0.6 is 0 Å². The maximum absolute atomic E-state index is 13.0. The summed E-state index contributed by atoms with van der Waals surface area (Å²) in [7, 11) is 3.31. The van der Waals surface area contributed by atoms with E-state index in [4.69, 9.17) is 14.5 Å². The highest BCUT2D eigenvalue weighted by atomic mass is 16.5. The van der Waals surface area contributed by atoms with Gasteiger partial charge in [0.25, 0.3) is 0 Å². The number of methoxy groups -OCH3 is 2.